The molecule has 3 atom stereocenters. The van der Waals surface area contributed by atoms with Crippen LogP contribution in [0.1, 0.15) is 99.4 Å². The van der Waals surface area contributed by atoms with Gasteiger partial charge in [-0.3, -0.25) is 29.5 Å². The fourth-order valence-electron chi connectivity index (χ4n) is 10.6. The fraction of sp³-hybridized carbons (Fsp3) is 0.0986. The van der Waals surface area contributed by atoms with Crippen LogP contribution < -0.4 is 17.0 Å². The van der Waals surface area contributed by atoms with Gasteiger partial charge in [0, 0.05) is 77.5 Å². The minimum Gasteiger partial charge on any atom is -1.00 e. The Morgan fingerprint density at radius 2 is 0.813 bits per heavy atom. The summed E-state index contributed by atoms with van der Waals surface area (Å²) in [7, 11) is 1.41. The number of aliphatic hydroxyl groups is 3. The average molecular weight is 1640 g/mol. The smallest absolute Gasteiger partial charge is 1.00 e. The summed E-state index contributed by atoms with van der Waals surface area (Å²) in [5.74, 6) is -7.41. The Morgan fingerprint density at radius 3 is 1.20 bits per heavy atom. The molecule has 0 radical (unpaired) electrons. The summed E-state index contributed by atoms with van der Waals surface area (Å²) in [5.41, 5.74) is 1.92. The molecule has 23 nitrogen and oxygen atoms in total. The Hall–Kier alpha value is -10.6. The molecule has 0 aliphatic rings. The van der Waals surface area contributed by atoms with Crippen molar-refractivity contribution in [3.8, 4) is 0 Å². The van der Waals surface area contributed by atoms with Crippen molar-refractivity contribution in [2.75, 3.05) is 7.11 Å². The van der Waals surface area contributed by atoms with Gasteiger partial charge in [-0.2, -0.15) is 27.3 Å². The third-order valence-corrected chi connectivity index (χ3v) is 16.4. The maximum Gasteiger partial charge on any atom is 2.00 e. The number of imidazole rings is 4. The number of oxime groups is 1. The quantitative estimate of drug-likeness (QED) is 0.0218. The van der Waals surface area contributed by atoms with E-state index in [1.54, 1.807) is 61.0 Å². The molecule has 4 aromatic carbocycles. The molecular weight excluding hydrogens is 1590 g/mol. The van der Waals surface area contributed by atoms with Crippen LogP contribution >= 0.6 is 39.1 Å². The molecule has 16 aromatic rings. The summed E-state index contributed by atoms with van der Waals surface area (Å²) in [6.07, 6.45) is 6.59. The van der Waals surface area contributed by atoms with E-state index in [0.717, 1.165) is 34.5 Å². The Morgan fingerprint density at radius 1 is 0.486 bits per heavy atom. The first-order valence-electron chi connectivity index (χ1n) is 30.6. The van der Waals surface area contributed by atoms with Gasteiger partial charge in [-0.15, -0.1) is 0 Å². The number of Topliss-reactive ketones (excluding diaryl/α,β-unsaturated/α-hetero) is 1. The van der Waals surface area contributed by atoms with Crippen molar-refractivity contribution in [3.05, 3.63) is 290 Å². The first-order chi connectivity index (χ1) is 50.5. The summed E-state index contributed by atoms with van der Waals surface area (Å²) in [5, 5.41) is 53.3. The maximum absolute atomic E-state index is 15.0. The normalized spacial score (nSPS) is 11.9. The second-order valence-corrected chi connectivity index (χ2v) is 23.4. The van der Waals surface area contributed by atoms with Crippen LogP contribution in [0.4, 0.5) is 35.1 Å². The van der Waals surface area contributed by atoms with Crippen molar-refractivity contribution in [1.29, 1.82) is 0 Å². The average Bonchev–Trinajstić information content (AvgIpc) is 1.53. The molecule has 3 unspecified atom stereocenters. The van der Waals surface area contributed by atoms with Crippen molar-refractivity contribution in [3.63, 3.8) is 0 Å². The van der Waals surface area contributed by atoms with Crippen LogP contribution in [-0.4, -0.2) is 142 Å². The number of fused-ring (bicyclic) bond motifs is 8. The molecule has 0 fully saturated rings. The first-order valence-corrected chi connectivity index (χ1v) is 32.2. The molecule has 0 spiro atoms. The van der Waals surface area contributed by atoms with E-state index >= 15 is 0 Å². The minimum atomic E-state index is -1.66. The molecule has 0 aliphatic heterocycles. The summed E-state index contributed by atoms with van der Waals surface area (Å²) >= 11 is 14.8. The molecule has 3 N–H and O–H groups in total. The second-order valence-electron chi connectivity index (χ2n) is 21.8. The third-order valence-electron chi connectivity index (χ3n) is 15.5. The maximum atomic E-state index is 15.0. The van der Waals surface area contributed by atoms with E-state index in [9.17, 15) is 60.0 Å². The Bertz CT molecular complexity index is 6030. The number of benzene rings is 4. The molecule has 107 heavy (non-hydrogen) atoms. The van der Waals surface area contributed by atoms with Crippen LogP contribution in [0.3, 0.4) is 0 Å². The second kappa shape index (κ2) is 35.2. The van der Waals surface area contributed by atoms with Gasteiger partial charge in [-0.1, -0.05) is 28.4 Å². The van der Waals surface area contributed by atoms with Crippen molar-refractivity contribution >= 4 is 146 Å². The number of nitrogens with zero attached hydrogens (tertiary/aromatic N) is 17. The van der Waals surface area contributed by atoms with E-state index in [4.69, 9.17) is 28.0 Å². The number of hydrogen-bond donors (Lipinski definition) is 3. The van der Waals surface area contributed by atoms with E-state index in [1.165, 1.54) is 132 Å². The van der Waals surface area contributed by atoms with Crippen LogP contribution in [-0.2, 0) is 4.84 Å². The van der Waals surface area contributed by atoms with Gasteiger partial charge in [-0.25, -0.2) is 73.1 Å². The van der Waals surface area contributed by atoms with E-state index in [-0.39, 0.29) is 124 Å². The molecule has 0 amide bonds. The van der Waals surface area contributed by atoms with Crippen LogP contribution in [0.15, 0.2) is 181 Å². The fourth-order valence-corrected chi connectivity index (χ4v) is 11.2. The first kappa shape index (κ1) is 80.5. The van der Waals surface area contributed by atoms with Gasteiger partial charge in [0.05, 0.1) is 86.2 Å². The molecule has 0 saturated carbocycles. The monoisotopic (exact) mass is 1640 g/mol. The SMILES string of the molecule is CC(=O)c1ccc2ncc(C(O)c3c(F)cc4ncccc4c3F)n2n1.CO/N=C(\C)c1ccc2ncc(C(O)c3c(F)cc4ncccc4c3F)n2n1.Clc1ccc2ncc(Br)n2n1.O=Cc1c(F)cc2ncccc2c1F.OC(c1c(F)cc2ncccc2c1F)c1cnc2ccc(Cl)nn12.[Br-].[CH2-]C.[Mg+2]. The zero-order chi connectivity index (χ0) is 75.1. The van der Waals surface area contributed by atoms with Gasteiger partial charge < -0.3 is 44.1 Å². The number of carbonyl (C=O) groups is 2. The molecule has 16 rings (SSSR count). The summed E-state index contributed by atoms with van der Waals surface area (Å²) in [6.45, 7) is 8.04. The van der Waals surface area contributed by atoms with Crippen LogP contribution in [0.2, 0.25) is 10.3 Å². The van der Waals surface area contributed by atoms with E-state index < -0.39 is 87.1 Å². The van der Waals surface area contributed by atoms with Crippen molar-refractivity contribution in [2.45, 2.75) is 39.1 Å². The zero-order valence-corrected chi connectivity index (χ0v) is 61.7. The number of aldehydes is 1. The summed E-state index contributed by atoms with van der Waals surface area (Å²) in [6, 6.07) is 29.2. The molecule has 0 bridgehead atoms. The minimum absolute atomic E-state index is 0. The predicted molar refractivity (Wildman–Crippen MR) is 380 cm³/mol. The standard InChI is InChI=1S/C19H15F2N5O2.C18H12F2N4O2.C16H9ClF2N4O.C10H5F2NO.C6H3BrClN3.C2H5.BrH.Mg/c1-10(25-28-2)13-5-6-16-23-9-15(26(16)24-13)19(27)17-12(20)8-14-11(18(17)21)4-3-7-22-14;1-9(25)12-4-5-15-22-8-14(24(15)23-12)18(26)16-11(19)7-13-10(17(16)20)3-2-6-21-13;17-12-3-4-13-21-7-11(23(13)22-12)16(24)14-9(18)6-10-8(15(14)19)2-1-5-20-10;11-8-4-9-6(2-1-3-13-9)10(12)7(8)5-14;7-4-3-9-6-2-1-5(8)10-11(4)6;1-2;;/h3-9,19,27H,1-2H3;2-8,18,26H,1H3;1-7,16,24H;1-5H;1-3H;1H2,2H3;1H;/q;;;;;-1;;+2/p-1/b25-10+;;;;;;;. The largest absolute Gasteiger partial charge is 2.00 e. The van der Waals surface area contributed by atoms with Gasteiger partial charge in [0.2, 0.25) is 0 Å². The number of halogens is 12. The number of hydrogen-bond acceptors (Lipinski definition) is 19. The van der Waals surface area contributed by atoms with E-state index in [0.29, 0.717) is 33.5 Å². The number of aliphatic hydroxyl groups excluding tert-OH is 3. The zero-order valence-electron chi connectivity index (χ0n) is 55.6. The topological polar surface area (TPSA) is 289 Å². The number of pyridine rings is 4. The molecule has 0 aliphatic carbocycles. The Balaban J connectivity index is 0.000000158. The summed E-state index contributed by atoms with van der Waals surface area (Å²) < 4.78 is 121. The molecule has 12 aromatic heterocycles. The van der Waals surface area contributed by atoms with Gasteiger partial charge >= 0.3 is 23.1 Å². The van der Waals surface area contributed by atoms with Crippen molar-refractivity contribution in [2.24, 2.45) is 5.16 Å². The van der Waals surface area contributed by atoms with Gasteiger partial charge in [-0.05, 0) is 120 Å². The molecule has 540 valence electrons. The van der Waals surface area contributed by atoms with Gasteiger partial charge in [0.15, 0.2) is 34.7 Å². The number of carbonyl (C=O) groups excluding carboxylic acids is 2. The van der Waals surface area contributed by atoms with Crippen LogP contribution in [0.25, 0.3) is 66.2 Å². The summed E-state index contributed by atoms with van der Waals surface area (Å²) in [4.78, 5) is 58.5. The molecular formula is C71H49Br2Cl2F8MgN17O6. The molecule has 36 heteroatoms. The third kappa shape index (κ3) is 16.8. The van der Waals surface area contributed by atoms with Crippen LogP contribution in [0.5, 0.6) is 0 Å². The number of ketones is 1. The number of rotatable bonds is 10. The number of aromatic nitrogens is 16. The van der Waals surface area contributed by atoms with Crippen molar-refractivity contribution < 1.29 is 81.9 Å². The van der Waals surface area contributed by atoms with Gasteiger partial charge in [0.1, 0.15) is 104 Å². The Kier molecular flexibility index (Phi) is 26.5. The molecule has 12 heterocycles. The van der Waals surface area contributed by atoms with Crippen molar-refractivity contribution in [1.82, 2.24) is 78.3 Å². The van der Waals surface area contributed by atoms with Gasteiger partial charge in [0.25, 0.3) is 0 Å². The van der Waals surface area contributed by atoms with E-state index in [1.807, 2.05) is 0 Å². The molecule has 0 saturated heterocycles. The Labute approximate surface area is 643 Å². The van der Waals surface area contributed by atoms with Crippen LogP contribution in [0, 0.1) is 53.5 Å². The van der Waals surface area contributed by atoms with E-state index in [2.05, 4.69) is 88.3 Å². The predicted octanol–water partition coefficient (Wildman–Crippen LogP) is 11.1.